The van der Waals surface area contributed by atoms with Crippen LogP contribution in [-0.2, 0) is 0 Å². The average Bonchev–Trinajstić information content (AvgIpc) is 2.75. The smallest absolute Gasteiger partial charge is 0.343 e. The van der Waals surface area contributed by atoms with Crippen molar-refractivity contribution in [3.63, 3.8) is 0 Å². The molecule has 0 aliphatic heterocycles. The lowest BCUT2D eigenvalue weighted by atomic mass is 10.2. The van der Waals surface area contributed by atoms with Crippen LogP contribution in [-0.4, -0.2) is 20.9 Å². The molecule has 28 heavy (non-hydrogen) atoms. The van der Waals surface area contributed by atoms with Crippen LogP contribution >= 0.6 is 22.6 Å². The minimum Gasteiger partial charge on any atom is -0.423 e. The van der Waals surface area contributed by atoms with E-state index in [4.69, 9.17) is 4.74 Å². The molecule has 0 amide bonds. The van der Waals surface area contributed by atoms with Crippen LogP contribution in [0, 0.1) is 3.57 Å². The van der Waals surface area contributed by atoms with E-state index in [0.29, 0.717) is 17.1 Å². The number of hydrogen-bond acceptors (Lipinski definition) is 5. The Hall–Kier alpha value is -3.13. The van der Waals surface area contributed by atoms with Crippen LogP contribution in [0.1, 0.15) is 10.4 Å². The van der Waals surface area contributed by atoms with E-state index in [9.17, 15) is 4.79 Å². The maximum absolute atomic E-state index is 12.2. The molecule has 0 atom stereocenters. The predicted octanol–water partition coefficient (Wildman–Crippen LogP) is 5.03. The lowest BCUT2D eigenvalue weighted by Gasteiger charge is -2.06. The molecule has 0 aliphatic carbocycles. The summed E-state index contributed by atoms with van der Waals surface area (Å²) in [5.74, 6) is 0.657. The van der Waals surface area contributed by atoms with Gasteiger partial charge in [0.2, 0.25) is 0 Å². The van der Waals surface area contributed by atoms with Crippen molar-refractivity contribution in [2.45, 2.75) is 0 Å². The molecule has 136 valence electrons. The Morgan fingerprint density at radius 3 is 2.29 bits per heavy atom. The third kappa shape index (κ3) is 4.23. The highest BCUT2D eigenvalue weighted by atomic mass is 127. The lowest BCUT2D eigenvalue weighted by molar-refractivity contribution is 0.0735. The van der Waals surface area contributed by atoms with Gasteiger partial charge in [0.05, 0.1) is 17.0 Å². The van der Waals surface area contributed by atoms with Crippen LogP contribution in [0.25, 0.3) is 22.8 Å². The van der Waals surface area contributed by atoms with Gasteiger partial charge in [0.25, 0.3) is 0 Å². The van der Waals surface area contributed by atoms with Crippen LogP contribution in [0.4, 0.5) is 0 Å². The summed E-state index contributed by atoms with van der Waals surface area (Å²) < 4.78 is 6.49. The summed E-state index contributed by atoms with van der Waals surface area (Å²) in [7, 11) is 0. The van der Waals surface area contributed by atoms with E-state index in [-0.39, 0.29) is 0 Å². The van der Waals surface area contributed by atoms with Gasteiger partial charge in [-0.2, -0.15) is 0 Å². The van der Waals surface area contributed by atoms with Gasteiger partial charge in [0.1, 0.15) is 5.75 Å². The number of carbonyl (C=O) groups is 1. The molecule has 6 heteroatoms. The molecule has 0 fully saturated rings. The number of aromatic nitrogens is 3. The molecule has 0 spiro atoms. The second-order valence-corrected chi connectivity index (χ2v) is 7.15. The molecule has 4 rings (SSSR count). The maximum Gasteiger partial charge on any atom is 0.343 e. The van der Waals surface area contributed by atoms with E-state index in [1.165, 1.54) is 0 Å². The molecule has 0 saturated carbocycles. The molecule has 0 saturated heterocycles. The van der Waals surface area contributed by atoms with Gasteiger partial charge in [0.15, 0.2) is 5.82 Å². The SMILES string of the molecule is O=C(Oc1ccc(-c2nccc(-c3ccccn3)n2)cc1)c1ccc(I)cc1. The van der Waals surface area contributed by atoms with Crippen molar-refractivity contribution in [1.29, 1.82) is 0 Å². The van der Waals surface area contributed by atoms with Crippen LogP contribution in [0.3, 0.4) is 0 Å². The summed E-state index contributed by atoms with van der Waals surface area (Å²) >= 11 is 2.19. The van der Waals surface area contributed by atoms with Gasteiger partial charge in [-0.1, -0.05) is 6.07 Å². The van der Waals surface area contributed by atoms with Crippen LogP contribution in [0.5, 0.6) is 5.75 Å². The summed E-state index contributed by atoms with van der Waals surface area (Å²) in [6, 6.07) is 21.9. The molecule has 0 unspecified atom stereocenters. The first kappa shape index (κ1) is 18.2. The van der Waals surface area contributed by atoms with Crippen molar-refractivity contribution in [3.05, 3.63) is 94.3 Å². The molecule has 2 aromatic carbocycles. The third-order valence-electron chi connectivity index (χ3n) is 3.99. The van der Waals surface area contributed by atoms with Crippen molar-refractivity contribution in [2.75, 3.05) is 0 Å². The third-order valence-corrected chi connectivity index (χ3v) is 4.71. The predicted molar refractivity (Wildman–Crippen MR) is 115 cm³/mol. The van der Waals surface area contributed by atoms with Crippen LogP contribution < -0.4 is 4.74 Å². The Balaban J connectivity index is 1.52. The first-order chi connectivity index (χ1) is 13.7. The first-order valence-electron chi connectivity index (χ1n) is 8.52. The van der Waals surface area contributed by atoms with Crippen molar-refractivity contribution >= 4 is 28.6 Å². The number of carbonyl (C=O) groups excluding carboxylic acids is 1. The Kier molecular flexibility index (Phi) is 5.38. The average molecular weight is 479 g/mol. The maximum atomic E-state index is 12.2. The van der Waals surface area contributed by atoms with E-state index >= 15 is 0 Å². The Labute approximate surface area is 175 Å². The number of hydrogen-bond donors (Lipinski definition) is 0. The minimum atomic E-state index is -0.391. The largest absolute Gasteiger partial charge is 0.423 e. The number of benzene rings is 2. The van der Waals surface area contributed by atoms with Crippen molar-refractivity contribution in [2.24, 2.45) is 0 Å². The second kappa shape index (κ2) is 8.26. The van der Waals surface area contributed by atoms with E-state index in [2.05, 4.69) is 37.5 Å². The van der Waals surface area contributed by atoms with E-state index < -0.39 is 5.97 Å². The fourth-order valence-electron chi connectivity index (χ4n) is 2.58. The topological polar surface area (TPSA) is 65.0 Å². The summed E-state index contributed by atoms with van der Waals surface area (Å²) in [6.45, 7) is 0. The van der Waals surface area contributed by atoms with Gasteiger partial charge in [0, 0.05) is 21.5 Å². The van der Waals surface area contributed by atoms with Crippen LogP contribution in [0.15, 0.2) is 85.2 Å². The first-order valence-corrected chi connectivity index (χ1v) is 9.59. The minimum absolute atomic E-state index is 0.391. The van der Waals surface area contributed by atoms with Gasteiger partial charge in [-0.05, 0) is 89.3 Å². The number of halogens is 1. The quantitative estimate of drug-likeness (QED) is 0.234. The highest BCUT2D eigenvalue weighted by Gasteiger charge is 2.10. The zero-order chi connectivity index (χ0) is 19.3. The number of nitrogens with zero attached hydrogens (tertiary/aromatic N) is 3. The lowest BCUT2D eigenvalue weighted by Crippen LogP contribution is -2.08. The molecule has 0 aliphatic rings. The van der Waals surface area contributed by atoms with Gasteiger partial charge >= 0.3 is 5.97 Å². The van der Waals surface area contributed by atoms with Crippen molar-refractivity contribution in [3.8, 4) is 28.5 Å². The molecular formula is C22H14IN3O2. The summed E-state index contributed by atoms with van der Waals surface area (Å²) in [6.07, 6.45) is 3.44. The molecule has 4 aromatic rings. The monoisotopic (exact) mass is 479 g/mol. The van der Waals surface area contributed by atoms with E-state index in [1.807, 2.05) is 48.5 Å². The van der Waals surface area contributed by atoms with E-state index in [0.717, 1.165) is 20.5 Å². The fourth-order valence-corrected chi connectivity index (χ4v) is 2.94. The zero-order valence-corrected chi connectivity index (χ0v) is 16.8. The Bertz CT molecular complexity index is 1100. The highest BCUT2D eigenvalue weighted by Crippen LogP contribution is 2.22. The molecule has 0 radical (unpaired) electrons. The highest BCUT2D eigenvalue weighted by molar-refractivity contribution is 14.1. The Morgan fingerprint density at radius 1 is 0.786 bits per heavy atom. The van der Waals surface area contributed by atoms with Gasteiger partial charge in [-0.3, -0.25) is 4.98 Å². The molecule has 2 aromatic heterocycles. The number of ether oxygens (including phenoxy) is 1. The van der Waals surface area contributed by atoms with Crippen molar-refractivity contribution in [1.82, 2.24) is 15.0 Å². The molecule has 0 N–H and O–H groups in total. The number of esters is 1. The summed E-state index contributed by atoms with van der Waals surface area (Å²) in [4.78, 5) is 25.5. The zero-order valence-electron chi connectivity index (χ0n) is 14.6. The van der Waals surface area contributed by atoms with Gasteiger partial charge in [-0.15, -0.1) is 0 Å². The van der Waals surface area contributed by atoms with Crippen molar-refractivity contribution < 1.29 is 9.53 Å². The van der Waals surface area contributed by atoms with Gasteiger partial charge < -0.3 is 4.74 Å². The molecule has 5 nitrogen and oxygen atoms in total. The molecular weight excluding hydrogens is 465 g/mol. The molecule has 0 bridgehead atoms. The van der Waals surface area contributed by atoms with Gasteiger partial charge in [-0.25, -0.2) is 14.8 Å². The summed E-state index contributed by atoms with van der Waals surface area (Å²) in [5.41, 5.74) is 2.87. The Morgan fingerprint density at radius 2 is 1.57 bits per heavy atom. The fraction of sp³-hybridized carbons (Fsp3) is 0. The van der Waals surface area contributed by atoms with Crippen LogP contribution in [0.2, 0.25) is 0 Å². The number of pyridine rings is 1. The molecule has 2 heterocycles. The number of rotatable bonds is 4. The normalized spacial score (nSPS) is 10.5. The van der Waals surface area contributed by atoms with E-state index in [1.54, 1.807) is 36.7 Å². The standard InChI is InChI=1S/C22H14IN3O2/c23-17-8-4-16(5-9-17)22(27)28-18-10-6-15(7-11-18)21-25-14-12-20(26-21)19-3-1-2-13-24-19/h1-14H. The summed E-state index contributed by atoms with van der Waals surface area (Å²) in [5, 5.41) is 0. The second-order valence-electron chi connectivity index (χ2n) is 5.90.